The monoisotopic (exact) mass is 392 g/mol. The van der Waals surface area contributed by atoms with Gasteiger partial charge in [0.1, 0.15) is 0 Å². The van der Waals surface area contributed by atoms with Crippen molar-refractivity contribution in [3.8, 4) is 0 Å². The molecule has 1 atom stereocenters. The Balaban J connectivity index is 1.94. The SMILES string of the molecule is COC(=O)c1cc(C2(C)CCNC2=O)ccc1Nc1ccc(C(F)(F)F)cc1. The van der Waals surface area contributed by atoms with Gasteiger partial charge in [-0.1, -0.05) is 6.07 Å². The van der Waals surface area contributed by atoms with Gasteiger partial charge in [-0.3, -0.25) is 4.79 Å². The first-order valence-electron chi connectivity index (χ1n) is 8.60. The summed E-state index contributed by atoms with van der Waals surface area (Å²) in [5.74, 6) is -0.731. The Bertz CT molecular complexity index is 910. The van der Waals surface area contributed by atoms with Crippen LogP contribution in [0.15, 0.2) is 42.5 Å². The normalized spacial score (nSPS) is 19.2. The fourth-order valence-corrected chi connectivity index (χ4v) is 3.18. The number of rotatable bonds is 4. The molecule has 1 saturated heterocycles. The highest BCUT2D eigenvalue weighted by atomic mass is 19.4. The van der Waals surface area contributed by atoms with E-state index in [2.05, 4.69) is 10.6 Å². The van der Waals surface area contributed by atoms with Gasteiger partial charge in [0.05, 0.1) is 29.3 Å². The second kappa shape index (κ2) is 7.18. The average Bonchev–Trinajstić information content (AvgIpc) is 3.01. The summed E-state index contributed by atoms with van der Waals surface area (Å²) in [7, 11) is 1.24. The summed E-state index contributed by atoms with van der Waals surface area (Å²) in [5, 5.41) is 5.72. The molecule has 8 heteroatoms. The second-order valence-electron chi connectivity index (χ2n) is 6.79. The second-order valence-corrected chi connectivity index (χ2v) is 6.79. The van der Waals surface area contributed by atoms with Gasteiger partial charge < -0.3 is 15.4 Å². The van der Waals surface area contributed by atoms with E-state index in [4.69, 9.17) is 4.74 Å². The number of ether oxygens (including phenoxy) is 1. The number of hydrogen-bond acceptors (Lipinski definition) is 4. The van der Waals surface area contributed by atoms with Crippen LogP contribution in [0.5, 0.6) is 0 Å². The third-order valence-electron chi connectivity index (χ3n) is 4.96. The van der Waals surface area contributed by atoms with E-state index in [9.17, 15) is 22.8 Å². The first-order chi connectivity index (χ1) is 13.1. The van der Waals surface area contributed by atoms with Crippen LogP contribution < -0.4 is 10.6 Å². The van der Waals surface area contributed by atoms with Gasteiger partial charge in [-0.15, -0.1) is 0 Å². The van der Waals surface area contributed by atoms with Gasteiger partial charge in [0.2, 0.25) is 5.91 Å². The summed E-state index contributed by atoms with van der Waals surface area (Å²) in [5.41, 5.74) is 0.104. The molecule has 0 aliphatic carbocycles. The predicted molar refractivity (Wildman–Crippen MR) is 97.5 cm³/mol. The molecule has 1 amide bonds. The maximum atomic E-state index is 12.7. The number of benzene rings is 2. The van der Waals surface area contributed by atoms with E-state index < -0.39 is 23.1 Å². The van der Waals surface area contributed by atoms with Crippen LogP contribution in [0.4, 0.5) is 24.5 Å². The van der Waals surface area contributed by atoms with Crippen LogP contribution in [0.3, 0.4) is 0 Å². The van der Waals surface area contributed by atoms with Gasteiger partial charge in [0.25, 0.3) is 0 Å². The highest BCUT2D eigenvalue weighted by Gasteiger charge is 2.39. The molecule has 0 spiro atoms. The van der Waals surface area contributed by atoms with E-state index >= 15 is 0 Å². The van der Waals surface area contributed by atoms with E-state index in [1.165, 1.54) is 19.2 Å². The minimum Gasteiger partial charge on any atom is -0.465 e. The first kappa shape index (κ1) is 19.7. The molecular formula is C20H19F3N2O3. The summed E-state index contributed by atoms with van der Waals surface area (Å²) >= 11 is 0. The molecule has 0 aromatic heterocycles. The Hall–Kier alpha value is -3.03. The molecule has 1 fully saturated rings. The molecule has 2 N–H and O–H groups in total. The number of carbonyl (C=O) groups excluding carboxylic acids is 2. The highest BCUT2D eigenvalue weighted by Crippen LogP contribution is 2.35. The highest BCUT2D eigenvalue weighted by molar-refractivity contribution is 5.98. The Kier molecular flexibility index (Phi) is 5.06. The Morgan fingerprint density at radius 1 is 1.18 bits per heavy atom. The lowest BCUT2D eigenvalue weighted by Crippen LogP contribution is -2.32. The summed E-state index contributed by atoms with van der Waals surface area (Å²) in [6.45, 7) is 2.35. The van der Waals surface area contributed by atoms with Gasteiger partial charge in [0.15, 0.2) is 0 Å². The molecule has 5 nitrogen and oxygen atoms in total. The maximum absolute atomic E-state index is 12.7. The fourth-order valence-electron chi connectivity index (χ4n) is 3.18. The van der Waals surface area contributed by atoms with E-state index in [-0.39, 0.29) is 11.5 Å². The standard InChI is InChI=1S/C20H19F3N2O3/c1-19(9-10-24-18(19)27)13-5-8-16(15(11-13)17(26)28-2)25-14-6-3-12(4-7-14)20(21,22)23/h3-8,11,25H,9-10H2,1-2H3,(H,24,27). The molecular weight excluding hydrogens is 373 g/mol. The average molecular weight is 392 g/mol. The van der Waals surface area contributed by atoms with Crippen LogP contribution in [0.1, 0.15) is 34.8 Å². The van der Waals surface area contributed by atoms with E-state index in [1.807, 2.05) is 0 Å². The van der Waals surface area contributed by atoms with Crippen molar-refractivity contribution in [1.29, 1.82) is 0 Å². The van der Waals surface area contributed by atoms with Gasteiger partial charge >= 0.3 is 12.1 Å². The Labute approximate surface area is 159 Å². The summed E-state index contributed by atoms with van der Waals surface area (Å²) in [6, 6.07) is 9.41. The molecule has 0 radical (unpaired) electrons. The van der Waals surface area contributed by atoms with Crippen molar-refractivity contribution >= 4 is 23.3 Å². The van der Waals surface area contributed by atoms with E-state index in [0.29, 0.717) is 29.9 Å². The molecule has 1 heterocycles. The van der Waals surface area contributed by atoms with Crippen LogP contribution in [0.2, 0.25) is 0 Å². The predicted octanol–water partition coefficient (Wildman–Crippen LogP) is 4.01. The van der Waals surface area contributed by atoms with Crippen molar-refractivity contribution in [3.05, 3.63) is 59.2 Å². The van der Waals surface area contributed by atoms with Gasteiger partial charge in [-0.05, 0) is 55.3 Å². The molecule has 28 heavy (non-hydrogen) atoms. The number of amides is 1. The van der Waals surface area contributed by atoms with Crippen molar-refractivity contribution < 1.29 is 27.5 Å². The van der Waals surface area contributed by atoms with E-state index in [1.54, 1.807) is 25.1 Å². The van der Waals surface area contributed by atoms with Crippen molar-refractivity contribution in [2.75, 3.05) is 19.0 Å². The van der Waals surface area contributed by atoms with Crippen molar-refractivity contribution in [2.24, 2.45) is 0 Å². The first-order valence-corrected chi connectivity index (χ1v) is 8.60. The molecule has 3 rings (SSSR count). The summed E-state index contributed by atoms with van der Waals surface area (Å²) < 4.78 is 43.0. The van der Waals surface area contributed by atoms with Gasteiger partial charge in [-0.2, -0.15) is 13.2 Å². The topological polar surface area (TPSA) is 67.4 Å². The largest absolute Gasteiger partial charge is 0.465 e. The molecule has 2 aromatic carbocycles. The molecule has 0 saturated carbocycles. The number of carbonyl (C=O) groups is 2. The quantitative estimate of drug-likeness (QED) is 0.772. The zero-order valence-corrected chi connectivity index (χ0v) is 15.3. The Morgan fingerprint density at radius 3 is 2.39 bits per heavy atom. The molecule has 0 bridgehead atoms. The number of alkyl halides is 3. The van der Waals surface area contributed by atoms with Gasteiger partial charge in [-0.25, -0.2) is 4.79 Å². The van der Waals surface area contributed by atoms with Crippen molar-refractivity contribution in [2.45, 2.75) is 24.9 Å². The van der Waals surface area contributed by atoms with E-state index in [0.717, 1.165) is 12.1 Å². The third-order valence-corrected chi connectivity index (χ3v) is 4.96. The lowest BCUT2D eigenvalue weighted by Gasteiger charge is -2.22. The smallest absolute Gasteiger partial charge is 0.416 e. The molecule has 148 valence electrons. The maximum Gasteiger partial charge on any atom is 0.416 e. The number of methoxy groups -OCH3 is 1. The van der Waals surface area contributed by atoms with Gasteiger partial charge in [0, 0.05) is 12.2 Å². The lowest BCUT2D eigenvalue weighted by molar-refractivity contribution is -0.137. The van der Waals surface area contributed by atoms with Crippen LogP contribution in [0.25, 0.3) is 0 Å². The lowest BCUT2D eigenvalue weighted by atomic mass is 9.80. The Morgan fingerprint density at radius 2 is 1.86 bits per heavy atom. The number of anilines is 2. The number of esters is 1. The fraction of sp³-hybridized carbons (Fsp3) is 0.300. The molecule has 1 unspecified atom stereocenters. The minimum absolute atomic E-state index is 0.119. The number of hydrogen-bond donors (Lipinski definition) is 2. The van der Waals surface area contributed by atoms with Crippen LogP contribution in [0, 0.1) is 0 Å². The molecule has 1 aliphatic heterocycles. The van der Waals surface area contributed by atoms with Crippen molar-refractivity contribution in [3.63, 3.8) is 0 Å². The van der Waals surface area contributed by atoms with Crippen LogP contribution >= 0.6 is 0 Å². The third kappa shape index (κ3) is 3.67. The van der Waals surface area contributed by atoms with Crippen molar-refractivity contribution in [1.82, 2.24) is 5.32 Å². The van der Waals surface area contributed by atoms with Crippen LogP contribution in [-0.2, 0) is 21.1 Å². The minimum atomic E-state index is -4.42. The zero-order valence-electron chi connectivity index (χ0n) is 15.3. The van der Waals surface area contributed by atoms with Crippen LogP contribution in [-0.4, -0.2) is 25.5 Å². The molecule has 2 aromatic rings. The summed E-state index contributed by atoms with van der Waals surface area (Å²) in [6.07, 6.45) is -3.83. The number of halogens is 3. The summed E-state index contributed by atoms with van der Waals surface area (Å²) in [4.78, 5) is 24.5. The zero-order chi connectivity index (χ0) is 20.5. The molecule has 1 aliphatic rings. The number of nitrogens with one attached hydrogen (secondary N) is 2.